The first-order valence-corrected chi connectivity index (χ1v) is 6.65. The second kappa shape index (κ2) is 7.17. The van der Waals surface area contributed by atoms with Gasteiger partial charge in [-0.3, -0.25) is 4.90 Å². The predicted octanol–water partition coefficient (Wildman–Crippen LogP) is 2.15. The van der Waals surface area contributed by atoms with Crippen molar-refractivity contribution in [3.8, 4) is 0 Å². The SMILES string of the molecule is O=C(O)C=Cc1cc(F)ccc1CN1CCCOCC1. The Balaban J connectivity index is 2.14. The summed E-state index contributed by atoms with van der Waals surface area (Å²) < 4.78 is 18.7. The highest BCUT2D eigenvalue weighted by Crippen LogP contribution is 2.16. The molecule has 1 N–H and O–H groups in total. The van der Waals surface area contributed by atoms with Gasteiger partial charge in [0.15, 0.2) is 0 Å². The van der Waals surface area contributed by atoms with Crippen LogP contribution in [0.25, 0.3) is 6.08 Å². The first kappa shape index (κ1) is 14.7. The topological polar surface area (TPSA) is 49.8 Å². The van der Waals surface area contributed by atoms with E-state index in [1.807, 2.05) is 0 Å². The fourth-order valence-corrected chi connectivity index (χ4v) is 2.22. The zero-order valence-electron chi connectivity index (χ0n) is 11.2. The van der Waals surface area contributed by atoms with Crippen molar-refractivity contribution in [1.82, 2.24) is 4.90 Å². The van der Waals surface area contributed by atoms with Crippen molar-refractivity contribution < 1.29 is 19.0 Å². The highest BCUT2D eigenvalue weighted by molar-refractivity contribution is 5.85. The maximum atomic E-state index is 13.3. The molecule has 1 aromatic carbocycles. The fraction of sp³-hybridized carbons (Fsp3) is 0.400. The summed E-state index contributed by atoms with van der Waals surface area (Å²) in [4.78, 5) is 12.8. The number of aliphatic carboxylic acids is 1. The lowest BCUT2D eigenvalue weighted by atomic mass is 10.1. The summed E-state index contributed by atoms with van der Waals surface area (Å²) >= 11 is 0. The van der Waals surface area contributed by atoms with Crippen molar-refractivity contribution in [1.29, 1.82) is 0 Å². The largest absolute Gasteiger partial charge is 0.478 e. The maximum Gasteiger partial charge on any atom is 0.328 e. The minimum Gasteiger partial charge on any atom is -0.478 e. The summed E-state index contributed by atoms with van der Waals surface area (Å²) in [6.07, 6.45) is 3.44. The molecule has 0 radical (unpaired) electrons. The van der Waals surface area contributed by atoms with Gasteiger partial charge in [-0.1, -0.05) is 6.07 Å². The van der Waals surface area contributed by atoms with Crippen molar-refractivity contribution in [3.63, 3.8) is 0 Å². The molecular weight excluding hydrogens is 261 g/mol. The number of carbonyl (C=O) groups is 1. The molecule has 1 aliphatic heterocycles. The molecule has 0 unspecified atom stereocenters. The number of nitrogens with zero attached hydrogens (tertiary/aromatic N) is 1. The molecule has 2 rings (SSSR count). The van der Waals surface area contributed by atoms with Gasteiger partial charge in [0, 0.05) is 32.3 Å². The molecule has 0 atom stereocenters. The third kappa shape index (κ3) is 4.43. The monoisotopic (exact) mass is 279 g/mol. The van der Waals surface area contributed by atoms with Gasteiger partial charge in [-0.25, -0.2) is 9.18 Å². The number of halogens is 1. The van der Waals surface area contributed by atoms with Crippen LogP contribution in [0.1, 0.15) is 17.5 Å². The number of carboxylic acid groups (broad SMARTS) is 1. The van der Waals surface area contributed by atoms with Crippen LogP contribution in [0.2, 0.25) is 0 Å². The van der Waals surface area contributed by atoms with Gasteiger partial charge in [0.25, 0.3) is 0 Å². The van der Waals surface area contributed by atoms with Crippen LogP contribution in [0.15, 0.2) is 24.3 Å². The van der Waals surface area contributed by atoms with E-state index in [-0.39, 0.29) is 5.82 Å². The maximum absolute atomic E-state index is 13.3. The number of rotatable bonds is 4. The molecule has 0 bridgehead atoms. The first-order valence-electron chi connectivity index (χ1n) is 6.65. The Morgan fingerprint density at radius 3 is 3.05 bits per heavy atom. The minimum atomic E-state index is -1.04. The summed E-state index contributed by atoms with van der Waals surface area (Å²) in [5, 5.41) is 8.69. The molecule has 20 heavy (non-hydrogen) atoms. The van der Waals surface area contributed by atoms with E-state index in [0.29, 0.717) is 18.7 Å². The van der Waals surface area contributed by atoms with Crippen molar-refractivity contribution in [2.24, 2.45) is 0 Å². The summed E-state index contributed by atoms with van der Waals surface area (Å²) in [6, 6.07) is 4.48. The van der Waals surface area contributed by atoms with E-state index < -0.39 is 5.97 Å². The Kier molecular flexibility index (Phi) is 5.26. The highest BCUT2D eigenvalue weighted by atomic mass is 19.1. The number of hydrogen-bond acceptors (Lipinski definition) is 3. The summed E-state index contributed by atoms with van der Waals surface area (Å²) in [5.74, 6) is -1.40. The van der Waals surface area contributed by atoms with Gasteiger partial charge in [-0.15, -0.1) is 0 Å². The lowest BCUT2D eigenvalue weighted by Gasteiger charge is -2.20. The Morgan fingerprint density at radius 1 is 1.40 bits per heavy atom. The Hall–Kier alpha value is -1.72. The number of hydrogen-bond donors (Lipinski definition) is 1. The molecule has 5 heteroatoms. The average Bonchev–Trinajstić information content (AvgIpc) is 2.67. The molecule has 1 fully saturated rings. The molecule has 1 heterocycles. The molecule has 1 aromatic rings. The Morgan fingerprint density at radius 2 is 2.25 bits per heavy atom. The third-order valence-corrected chi connectivity index (χ3v) is 3.22. The van der Waals surface area contributed by atoms with E-state index in [0.717, 1.165) is 37.8 Å². The van der Waals surface area contributed by atoms with Crippen LogP contribution >= 0.6 is 0 Å². The average molecular weight is 279 g/mol. The zero-order chi connectivity index (χ0) is 14.4. The highest BCUT2D eigenvalue weighted by Gasteiger charge is 2.11. The summed E-state index contributed by atoms with van der Waals surface area (Å²) in [7, 11) is 0. The van der Waals surface area contributed by atoms with Crippen LogP contribution in [-0.2, 0) is 16.1 Å². The molecule has 4 nitrogen and oxygen atoms in total. The van der Waals surface area contributed by atoms with Crippen LogP contribution < -0.4 is 0 Å². The molecular formula is C15H18FNO3. The molecule has 0 aromatic heterocycles. The predicted molar refractivity (Wildman–Crippen MR) is 73.8 cm³/mol. The van der Waals surface area contributed by atoms with Crippen LogP contribution in [0.3, 0.4) is 0 Å². The molecule has 108 valence electrons. The van der Waals surface area contributed by atoms with Crippen molar-refractivity contribution in [2.75, 3.05) is 26.3 Å². The number of ether oxygens (including phenoxy) is 1. The standard InChI is InChI=1S/C15H18FNO3/c16-14-4-2-13(12(10-14)3-5-15(18)19)11-17-6-1-8-20-9-7-17/h2-5,10H,1,6-9,11H2,(H,18,19). The Bertz CT molecular complexity index is 494. The first-order chi connectivity index (χ1) is 9.65. The zero-order valence-corrected chi connectivity index (χ0v) is 11.2. The van der Waals surface area contributed by atoms with E-state index in [4.69, 9.17) is 9.84 Å². The number of carboxylic acids is 1. The van der Waals surface area contributed by atoms with Gasteiger partial charge < -0.3 is 9.84 Å². The van der Waals surface area contributed by atoms with Gasteiger partial charge >= 0.3 is 5.97 Å². The van der Waals surface area contributed by atoms with Crippen LogP contribution in [0.4, 0.5) is 4.39 Å². The molecule has 0 amide bonds. The second-order valence-electron chi connectivity index (χ2n) is 4.76. The van der Waals surface area contributed by atoms with Gasteiger partial charge in [-0.2, -0.15) is 0 Å². The van der Waals surface area contributed by atoms with Gasteiger partial charge in [-0.05, 0) is 35.8 Å². The second-order valence-corrected chi connectivity index (χ2v) is 4.76. The minimum absolute atomic E-state index is 0.363. The molecule has 1 aliphatic rings. The molecule has 0 saturated carbocycles. The normalized spacial score (nSPS) is 17.2. The van der Waals surface area contributed by atoms with E-state index in [1.165, 1.54) is 18.2 Å². The summed E-state index contributed by atoms with van der Waals surface area (Å²) in [5.41, 5.74) is 1.53. The lowest BCUT2D eigenvalue weighted by molar-refractivity contribution is -0.131. The van der Waals surface area contributed by atoms with E-state index >= 15 is 0 Å². The number of benzene rings is 1. The van der Waals surface area contributed by atoms with Crippen LogP contribution in [0.5, 0.6) is 0 Å². The van der Waals surface area contributed by atoms with Gasteiger partial charge in [0.1, 0.15) is 5.82 Å². The smallest absolute Gasteiger partial charge is 0.328 e. The van der Waals surface area contributed by atoms with Gasteiger partial charge in [0.2, 0.25) is 0 Å². The van der Waals surface area contributed by atoms with Crippen molar-refractivity contribution in [2.45, 2.75) is 13.0 Å². The quantitative estimate of drug-likeness (QED) is 0.858. The van der Waals surface area contributed by atoms with E-state index in [1.54, 1.807) is 6.07 Å². The molecule has 1 saturated heterocycles. The van der Waals surface area contributed by atoms with Gasteiger partial charge in [0.05, 0.1) is 6.61 Å². The fourth-order valence-electron chi connectivity index (χ4n) is 2.22. The van der Waals surface area contributed by atoms with Crippen LogP contribution in [0, 0.1) is 5.82 Å². The summed E-state index contributed by atoms with van der Waals surface area (Å²) in [6.45, 7) is 3.90. The van der Waals surface area contributed by atoms with Crippen molar-refractivity contribution >= 4 is 12.0 Å². The van der Waals surface area contributed by atoms with E-state index in [2.05, 4.69) is 4.90 Å². The van der Waals surface area contributed by atoms with Crippen molar-refractivity contribution in [3.05, 3.63) is 41.2 Å². The van der Waals surface area contributed by atoms with Crippen LogP contribution in [-0.4, -0.2) is 42.3 Å². The molecule has 0 spiro atoms. The Labute approximate surface area is 117 Å². The lowest BCUT2D eigenvalue weighted by Crippen LogP contribution is -2.26. The molecule has 0 aliphatic carbocycles. The van der Waals surface area contributed by atoms with E-state index in [9.17, 15) is 9.18 Å². The third-order valence-electron chi connectivity index (χ3n) is 3.22.